The SMILES string of the molecule is Cc1n[nH]c(=O)c(=O)[nH]nc(C)c2cc(c(O)cc2O)c(C)n[nH]c(=O)c(=O)[nH]nc(C)c2cc1c(O)cc2O. The van der Waals surface area contributed by atoms with Crippen LogP contribution in [0.3, 0.4) is 0 Å². The lowest BCUT2D eigenvalue weighted by Gasteiger charge is -2.03. The summed E-state index contributed by atoms with van der Waals surface area (Å²) in [6.07, 6.45) is 0. The molecule has 0 saturated carbocycles. The first kappa shape index (κ1) is 28.8. The lowest BCUT2D eigenvalue weighted by molar-refractivity contribution is 0.456. The van der Waals surface area contributed by atoms with Crippen LogP contribution in [0.5, 0.6) is 23.0 Å². The highest BCUT2D eigenvalue weighted by molar-refractivity contribution is 5.82. The molecule has 40 heavy (non-hydrogen) atoms. The van der Waals surface area contributed by atoms with E-state index in [1.165, 1.54) is 39.8 Å². The lowest BCUT2D eigenvalue weighted by Crippen LogP contribution is -2.28. The minimum atomic E-state index is -1.22. The average Bonchev–Trinajstić information content (AvgIpc) is 2.90. The van der Waals surface area contributed by atoms with Crippen LogP contribution >= 0.6 is 0 Å². The van der Waals surface area contributed by atoms with Gasteiger partial charge in [-0.05, 0) is 39.8 Å². The van der Waals surface area contributed by atoms with E-state index < -0.39 is 45.2 Å². The molecule has 2 aromatic carbocycles. The summed E-state index contributed by atoms with van der Waals surface area (Å²) in [5, 5.41) is 64.2. The third-order valence-electron chi connectivity index (χ3n) is 5.50. The van der Waals surface area contributed by atoms with E-state index >= 15 is 0 Å². The summed E-state index contributed by atoms with van der Waals surface area (Å²) in [4.78, 5) is 48.9. The Labute approximate surface area is 222 Å². The maximum Gasteiger partial charge on any atom is 0.331 e. The fourth-order valence-electron chi connectivity index (χ4n) is 3.30. The zero-order chi connectivity index (χ0) is 29.7. The van der Waals surface area contributed by atoms with Crippen LogP contribution in [0.4, 0.5) is 0 Å². The minimum absolute atomic E-state index is 0.0210. The van der Waals surface area contributed by atoms with E-state index in [0.29, 0.717) is 0 Å². The molecule has 0 atom stereocenters. The molecule has 16 heteroatoms. The Morgan fingerprint density at radius 3 is 0.825 bits per heavy atom. The second-order valence-electron chi connectivity index (χ2n) is 8.33. The molecule has 0 saturated heterocycles. The van der Waals surface area contributed by atoms with Crippen molar-refractivity contribution in [3.8, 4) is 23.0 Å². The fraction of sp³-hybridized carbons (Fsp3) is 0.167. The zero-order valence-corrected chi connectivity index (χ0v) is 21.5. The van der Waals surface area contributed by atoms with E-state index in [4.69, 9.17) is 0 Å². The monoisotopic (exact) mass is 552 g/mol. The van der Waals surface area contributed by atoms with Gasteiger partial charge in [0.1, 0.15) is 23.0 Å². The summed E-state index contributed by atoms with van der Waals surface area (Å²) < 4.78 is 0. The number of aromatic nitrogens is 8. The van der Waals surface area contributed by atoms with Gasteiger partial charge in [-0.25, -0.2) is 20.4 Å². The van der Waals surface area contributed by atoms with E-state index in [0.717, 1.165) is 12.1 Å². The van der Waals surface area contributed by atoms with Gasteiger partial charge in [0.15, 0.2) is 0 Å². The second kappa shape index (κ2) is 11.7. The number of aromatic amines is 4. The standard InChI is InChI=1S/C24H24N8O8/c1-9-13-5-14(18(34)7-17(13)33)10(2)26-31-23(39)24(40)32-28-12(4)16-6-15(19(35)8-20(16)36)11(3)27-30-22(38)21(37)29-25-9/h5-8,33-36H,1-4H3,(H,29,37)(H,30,38)(H,31,39)(H,32,40). The summed E-state index contributed by atoms with van der Waals surface area (Å²) in [7, 11) is 0. The molecule has 0 unspecified atom stereocenters. The van der Waals surface area contributed by atoms with E-state index in [2.05, 4.69) is 20.4 Å². The fourth-order valence-corrected chi connectivity index (χ4v) is 3.30. The van der Waals surface area contributed by atoms with Gasteiger partial charge in [0.05, 0.1) is 22.8 Å². The number of aryl methyl sites for hydroxylation is 4. The van der Waals surface area contributed by atoms with Crippen molar-refractivity contribution in [2.24, 2.45) is 0 Å². The van der Waals surface area contributed by atoms with Crippen molar-refractivity contribution >= 4 is 21.5 Å². The zero-order valence-electron chi connectivity index (χ0n) is 21.5. The predicted octanol–water partition coefficient (Wildman–Crippen LogP) is 0.318. The third kappa shape index (κ3) is 6.36. The second-order valence-corrected chi connectivity index (χ2v) is 8.33. The third-order valence-corrected chi connectivity index (χ3v) is 5.50. The number of rotatable bonds is 0. The molecule has 0 aliphatic rings. The quantitative estimate of drug-likeness (QED) is 0.175. The van der Waals surface area contributed by atoms with Crippen LogP contribution in [0.25, 0.3) is 21.5 Å². The van der Waals surface area contributed by atoms with Crippen LogP contribution in [-0.4, -0.2) is 61.2 Å². The van der Waals surface area contributed by atoms with Crippen molar-refractivity contribution in [1.29, 1.82) is 0 Å². The first-order valence-electron chi connectivity index (χ1n) is 11.3. The Bertz CT molecular complexity index is 1710. The molecule has 0 radical (unpaired) electrons. The van der Waals surface area contributed by atoms with Gasteiger partial charge in [0.2, 0.25) is 0 Å². The molecule has 1 heterocycles. The molecule has 0 spiro atoms. The largest absolute Gasteiger partial charge is 0.507 e. The number of nitrogens with zero attached hydrogens (tertiary/aromatic N) is 4. The number of phenolic OH excluding ortho intramolecular Hbond substituents is 4. The Balaban J connectivity index is 2.57. The van der Waals surface area contributed by atoms with Crippen LogP contribution in [0.15, 0.2) is 43.4 Å². The van der Waals surface area contributed by atoms with Gasteiger partial charge in [-0.3, -0.25) is 19.2 Å². The van der Waals surface area contributed by atoms with Crippen molar-refractivity contribution < 1.29 is 20.4 Å². The highest BCUT2D eigenvalue weighted by Gasteiger charge is 2.07. The summed E-state index contributed by atoms with van der Waals surface area (Å²) in [6.45, 7) is 5.56. The molecule has 0 aliphatic carbocycles. The number of H-pyrrole nitrogens is 4. The van der Waals surface area contributed by atoms with Crippen LogP contribution in [-0.2, 0) is 0 Å². The average molecular weight is 553 g/mol. The van der Waals surface area contributed by atoms with Crippen molar-refractivity contribution in [1.82, 2.24) is 40.8 Å². The number of hydrogen-bond donors (Lipinski definition) is 8. The predicted molar refractivity (Wildman–Crippen MR) is 142 cm³/mol. The minimum Gasteiger partial charge on any atom is -0.507 e. The molecular formula is C24H24N8O8. The van der Waals surface area contributed by atoms with Gasteiger partial charge in [-0.2, -0.15) is 20.4 Å². The highest BCUT2D eigenvalue weighted by Crippen LogP contribution is 2.31. The van der Waals surface area contributed by atoms with Crippen LogP contribution in [0.1, 0.15) is 22.8 Å². The smallest absolute Gasteiger partial charge is 0.331 e. The van der Waals surface area contributed by atoms with Crippen LogP contribution < -0.4 is 22.2 Å². The Morgan fingerprint density at radius 1 is 0.425 bits per heavy atom. The number of benzene rings is 2. The van der Waals surface area contributed by atoms with Gasteiger partial charge in [0.25, 0.3) is 0 Å². The van der Waals surface area contributed by atoms with Gasteiger partial charge in [0, 0.05) is 33.7 Å². The number of phenols is 4. The maximum atomic E-state index is 12.2. The van der Waals surface area contributed by atoms with Crippen molar-refractivity contribution in [3.05, 3.63) is 88.5 Å². The molecule has 3 aromatic rings. The lowest BCUT2D eigenvalue weighted by atomic mass is 10.1. The maximum absolute atomic E-state index is 12.2. The Kier molecular flexibility index (Phi) is 8.43. The Morgan fingerprint density at radius 2 is 0.625 bits per heavy atom. The van der Waals surface area contributed by atoms with E-state index in [1.807, 2.05) is 20.4 Å². The van der Waals surface area contributed by atoms with Gasteiger partial charge >= 0.3 is 22.2 Å². The summed E-state index contributed by atoms with van der Waals surface area (Å²) in [5.74, 6) is -1.69. The molecule has 0 fully saturated rings. The molecule has 16 nitrogen and oxygen atoms in total. The van der Waals surface area contributed by atoms with E-state index in [9.17, 15) is 39.6 Å². The van der Waals surface area contributed by atoms with Crippen molar-refractivity contribution in [2.45, 2.75) is 27.7 Å². The molecule has 0 aliphatic heterocycles. The van der Waals surface area contributed by atoms with Crippen molar-refractivity contribution in [3.63, 3.8) is 0 Å². The topological polar surface area (TPSA) is 264 Å². The number of hydrogen-bond acceptors (Lipinski definition) is 12. The molecule has 0 amide bonds. The summed E-state index contributed by atoms with van der Waals surface area (Å²) in [5.41, 5.74) is -4.78. The molecule has 208 valence electrons. The van der Waals surface area contributed by atoms with Crippen LogP contribution in [0.2, 0.25) is 0 Å². The molecular weight excluding hydrogens is 528 g/mol. The number of nitrogens with one attached hydrogen (secondary N) is 4. The van der Waals surface area contributed by atoms with Gasteiger partial charge in [-0.1, -0.05) is 0 Å². The normalized spacial score (nSPS) is 10.3. The van der Waals surface area contributed by atoms with Crippen LogP contribution in [0, 0.1) is 27.7 Å². The van der Waals surface area contributed by atoms with Crippen molar-refractivity contribution in [2.75, 3.05) is 0 Å². The van der Waals surface area contributed by atoms with Gasteiger partial charge < -0.3 is 20.4 Å². The summed E-state index contributed by atoms with van der Waals surface area (Å²) >= 11 is 0. The summed E-state index contributed by atoms with van der Waals surface area (Å²) in [6, 6.07) is 4.44. The van der Waals surface area contributed by atoms with E-state index in [1.54, 1.807) is 0 Å². The molecule has 1 aromatic heterocycles. The molecule has 3 rings (SSSR count). The first-order valence-corrected chi connectivity index (χ1v) is 11.3. The molecule has 8 N–H and O–H groups in total. The number of aromatic hydroxyl groups is 4. The first-order chi connectivity index (χ1) is 18.8. The number of fused-ring (bicyclic) bond motifs is 4. The molecule has 4 bridgehead atoms. The highest BCUT2D eigenvalue weighted by atomic mass is 16.3. The van der Waals surface area contributed by atoms with E-state index in [-0.39, 0.29) is 44.3 Å². The Hall–Kier alpha value is -5.80. The van der Waals surface area contributed by atoms with Gasteiger partial charge in [-0.15, -0.1) is 0 Å².